The lowest BCUT2D eigenvalue weighted by molar-refractivity contribution is -0.145. The van der Waals surface area contributed by atoms with Gasteiger partial charge in [0.05, 0.1) is 13.0 Å². The minimum Gasteiger partial charge on any atom is -0.469 e. The molecule has 0 spiro atoms. The van der Waals surface area contributed by atoms with Gasteiger partial charge in [-0.25, -0.2) is 4.39 Å². The number of hydrogen-bond acceptors (Lipinski definition) is 3. The highest BCUT2D eigenvalue weighted by molar-refractivity contribution is 5.74. The van der Waals surface area contributed by atoms with Gasteiger partial charge in [0.15, 0.2) is 0 Å². The van der Waals surface area contributed by atoms with E-state index < -0.39 is 0 Å². The Morgan fingerprint density at radius 2 is 2.00 bits per heavy atom. The molecule has 0 amide bonds. The van der Waals surface area contributed by atoms with Gasteiger partial charge in [-0.05, 0) is 24.7 Å². The van der Waals surface area contributed by atoms with Gasteiger partial charge in [0.1, 0.15) is 5.82 Å². The lowest BCUT2D eigenvalue weighted by Gasteiger charge is -2.16. The molecule has 0 aromatic heterocycles. The van der Waals surface area contributed by atoms with Crippen molar-refractivity contribution in [2.45, 2.75) is 5.92 Å². The molecule has 0 unspecified atom stereocenters. The first kappa shape index (κ1) is 12.0. The molecule has 1 aromatic rings. The average Bonchev–Trinajstić information content (AvgIpc) is 2.71. The Balaban J connectivity index is 2.23. The maximum atomic E-state index is 12.9. The molecule has 0 bridgehead atoms. The van der Waals surface area contributed by atoms with Crippen molar-refractivity contribution in [3.05, 3.63) is 35.6 Å². The molecule has 1 saturated heterocycles. The molecule has 92 valence electrons. The van der Waals surface area contributed by atoms with E-state index in [-0.39, 0.29) is 23.6 Å². The summed E-state index contributed by atoms with van der Waals surface area (Å²) in [7, 11) is 3.38. The van der Waals surface area contributed by atoms with E-state index in [4.69, 9.17) is 4.74 Å². The van der Waals surface area contributed by atoms with Crippen LogP contribution in [0.2, 0.25) is 0 Å². The van der Waals surface area contributed by atoms with Crippen LogP contribution < -0.4 is 0 Å². The second-order valence-electron chi connectivity index (χ2n) is 4.51. The van der Waals surface area contributed by atoms with Crippen LogP contribution in [-0.2, 0) is 9.53 Å². The monoisotopic (exact) mass is 237 g/mol. The third-order valence-electron chi connectivity index (χ3n) is 3.30. The molecule has 1 heterocycles. The van der Waals surface area contributed by atoms with E-state index >= 15 is 0 Å². The van der Waals surface area contributed by atoms with Crippen LogP contribution in [-0.4, -0.2) is 38.1 Å². The highest BCUT2D eigenvalue weighted by Crippen LogP contribution is 2.32. The zero-order valence-corrected chi connectivity index (χ0v) is 10.0. The average molecular weight is 237 g/mol. The Morgan fingerprint density at radius 1 is 1.35 bits per heavy atom. The number of carbonyl (C=O) groups excluding carboxylic acids is 1. The molecule has 1 aliphatic heterocycles. The molecular weight excluding hydrogens is 221 g/mol. The van der Waals surface area contributed by atoms with Crippen molar-refractivity contribution in [2.24, 2.45) is 5.92 Å². The summed E-state index contributed by atoms with van der Waals surface area (Å²) < 4.78 is 17.7. The number of esters is 1. The number of ether oxygens (including phenoxy) is 1. The van der Waals surface area contributed by atoms with E-state index in [2.05, 4.69) is 4.90 Å². The smallest absolute Gasteiger partial charge is 0.310 e. The number of carbonyl (C=O) groups is 1. The quantitative estimate of drug-likeness (QED) is 0.732. The predicted molar refractivity (Wildman–Crippen MR) is 62.1 cm³/mol. The molecule has 2 rings (SSSR count). The molecule has 0 N–H and O–H groups in total. The van der Waals surface area contributed by atoms with Crippen molar-refractivity contribution < 1.29 is 13.9 Å². The summed E-state index contributed by atoms with van der Waals surface area (Å²) in [6.07, 6.45) is 0. The first-order valence-electron chi connectivity index (χ1n) is 5.63. The molecular formula is C13H16FNO2. The summed E-state index contributed by atoms with van der Waals surface area (Å²) in [6.45, 7) is 1.49. The summed E-state index contributed by atoms with van der Waals surface area (Å²) >= 11 is 0. The number of likely N-dealkylation sites (N-methyl/N-ethyl adjacent to an activating group) is 1. The normalized spacial score (nSPS) is 24.9. The van der Waals surface area contributed by atoms with Crippen LogP contribution in [0.1, 0.15) is 11.5 Å². The fourth-order valence-corrected chi connectivity index (χ4v) is 2.44. The van der Waals surface area contributed by atoms with Crippen LogP contribution in [0.5, 0.6) is 0 Å². The maximum absolute atomic E-state index is 12.9. The van der Waals surface area contributed by atoms with Crippen molar-refractivity contribution in [1.29, 1.82) is 0 Å². The number of rotatable bonds is 2. The van der Waals surface area contributed by atoms with Gasteiger partial charge in [-0.1, -0.05) is 12.1 Å². The molecule has 1 aromatic carbocycles. The summed E-state index contributed by atoms with van der Waals surface area (Å²) in [5, 5.41) is 0. The van der Waals surface area contributed by atoms with Gasteiger partial charge in [0, 0.05) is 19.0 Å². The predicted octanol–water partition coefficient (Wildman–Crippen LogP) is 1.64. The van der Waals surface area contributed by atoms with Crippen LogP contribution in [0, 0.1) is 11.7 Å². The van der Waals surface area contributed by atoms with Crippen LogP contribution >= 0.6 is 0 Å². The molecule has 0 aliphatic carbocycles. The first-order chi connectivity index (χ1) is 8.11. The minimum absolute atomic E-state index is 0.0908. The van der Waals surface area contributed by atoms with E-state index in [9.17, 15) is 9.18 Å². The fraction of sp³-hybridized carbons (Fsp3) is 0.462. The summed E-state index contributed by atoms with van der Waals surface area (Å²) in [5.74, 6) is -0.512. The Hall–Kier alpha value is -1.42. The zero-order chi connectivity index (χ0) is 12.4. The van der Waals surface area contributed by atoms with Gasteiger partial charge in [0.2, 0.25) is 0 Å². The maximum Gasteiger partial charge on any atom is 0.310 e. The molecule has 4 heteroatoms. The number of nitrogens with zero attached hydrogens (tertiary/aromatic N) is 1. The van der Waals surface area contributed by atoms with Gasteiger partial charge in [-0.2, -0.15) is 0 Å². The van der Waals surface area contributed by atoms with E-state index in [0.29, 0.717) is 6.54 Å². The number of halogens is 1. The summed E-state index contributed by atoms with van der Waals surface area (Å²) in [5.41, 5.74) is 0.992. The van der Waals surface area contributed by atoms with Crippen molar-refractivity contribution in [3.63, 3.8) is 0 Å². The third-order valence-corrected chi connectivity index (χ3v) is 3.30. The van der Waals surface area contributed by atoms with Crippen LogP contribution in [0.4, 0.5) is 4.39 Å². The third kappa shape index (κ3) is 2.47. The molecule has 1 fully saturated rings. The van der Waals surface area contributed by atoms with Gasteiger partial charge >= 0.3 is 5.97 Å². The van der Waals surface area contributed by atoms with E-state index in [1.807, 2.05) is 7.05 Å². The first-order valence-corrected chi connectivity index (χ1v) is 5.63. The van der Waals surface area contributed by atoms with Gasteiger partial charge < -0.3 is 9.64 Å². The van der Waals surface area contributed by atoms with E-state index in [1.165, 1.54) is 19.2 Å². The minimum atomic E-state index is -0.255. The Labute approximate surface area is 100 Å². The number of benzene rings is 1. The van der Waals surface area contributed by atoms with Crippen molar-refractivity contribution >= 4 is 5.97 Å². The van der Waals surface area contributed by atoms with Crippen molar-refractivity contribution in [2.75, 3.05) is 27.2 Å². The standard InChI is InChI=1S/C13H16FNO2/c1-15-7-11(12(8-15)13(16)17-2)9-3-5-10(14)6-4-9/h3-6,11-12H,7-8H2,1-2H3/t11-,12+/m1/s1. The van der Waals surface area contributed by atoms with Gasteiger partial charge in [0.25, 0.3) is 0 Å². The highest BCUT2D eigenvalue weighted by atomic mass is 19.1. The molecule has 2 atom stereocenters. The van der Waals surface area contributed by atoms with Gasteiger partial charge in [-0.3, -0.25) is 4.79 Å². The largest absolute Gasteiger partial charge is 0.469 e. The van der Waals surface area contributed by atoms with Crippen LogP contribution in [0.25, 0.3) is 0 Å². The van der Waals surface area contributed by atoms with Crippen LogP contribution in [0.3, 0.4) is 0 Å². The van der Waals surface area contributed by atoms with Crippen LogP contribution in [0.15, 0.2) is 24.3 Å². The SMILES string of the molecule is COC(=O)[C@H]1CN(C)C[C@@H]1c1ccc(F)cc1. The lowest BCUT2D eigenvalue weighted by Crippen LogP contribution is -2.23. The van der Waals surface area contributed by atoms with E-state index in [1.54, 1.807) is 12.1 Å². The number of likely N-dealkylation sites (tertiary alicyclic amines) is 1. The molecule has 0 saturated carbocycles. The number of hydrogen-bond donors (Lipinski definition) is 0. The molecule has 1 aliphatic rings. The Kier molecular flexibility index (Phi) is 3.43. The lowest BCUT2D eigenvalue weighted by atomic mass is 9.89. The summed E-state index contributed by atoms with van der Waals surface area (Å²) in [4.78, 5) is 13.8. The van der Waals surface area contributed by atoms with E-state index in [0.717, 1.165) is 12.1 Å². The molecule has 0 radical (unpaired) electrons. The zero-order valence-electron chi connectivity index (χ0n) is 10.0. The van der Waals surface area contributed by atoms with Gasteiger partial charge in [-0.15, -0.1) is 0 Å². The molecule has 3 nitrogen and oxygen atoms in total. The number of methoxy groups -OCH3 is 1. The second kappa shape index (κ2) is 4.84. The summed E-state index contributed by atoms with van der Waals surface area (Å²) in [6, 6.07) is 6.36. The Morgan fingerprint density at radius 3 is 2.59 bits per heavy atom. The van der Waals surface area contributed by atoms with Crippen molar-refractivity contribution in [3.8, 4) is 0 Å². The Bertz CT molecular complexity index is 404. The molecule has 17 heavy (non-hydrogen) atoms. The second-order valence-corrected chi connectivity index (χ2v) is 4.51. The highest BCUT2D eigenvalue weighted by Gasteiger charge is 2.37. The topological polar surface area (TPSA) is 29.5 Å². The van der Waals surface area contributed by atoms with Crippen molar-refractivity contribution in [1.82, 2.24) is 4.90 Å². The fourth-order valence-electron chi connectivity index (χ4n) is 2.44.